The van der Waals surface area contributed by atoms with E-state index >= 15 is 0 Å². The van der Waals surface area contributed by atoms with E-state index in [9.17, 15) is 4.79 Å². The van der Waals surface area contributed by atoms with Gasteiger partial charge in [-0.15, -0.1) is 23.7 Å². The molecular weight excluding hydrogens is 394 g/mol. The number of rotatable bonds is 5. The van der Waals surface area contributed by atoms with Crippen molar-refractivity contribution < 1.29 is 4.79 Å². The first-order valence-electron chi connectivity index (χ1n) is 8.97. The van der Waals surface area contributed by atoms with E-state index in [0.29, 0.717) is 18.0 Å². The van der Waals surface area contributed by atoms with Gasteiger partial charge in [0.05, 0.1) is 5.69 Å². The molecule has 1 saturated heterocycles. The Morgan fingerprint density at radius 1 is 1.18 bits per heavy atom. The Bertz CT molecular complexity index is 917. The van der Waals surface area contributed by atoms with E-state index in [-0.39, 0.29) is 18.3 Å². The predicted molar refractivity (Wildman–Crippen MR) is 116 cm³/mol. The molecule has 1 aliphatic heterocycles. The fourth-order valence-electron chi connectivity index (χ4n) is 3.30. The molecule has 3 heterocycles. The Balaban J connectivity index is 0.00000225. The summed E-state index contributed by atoms with van der Waals surface area (Å²) in [6.07, 6.45) is 8.95. The molecule has 4 rings (SSSR count). The van der Waals surface area contributed by atoms with Crippen LogP contribution in [-0.2, 0) is 10.3 Å². The molecule has 0 unspecified atom stereocenters. The molecule has 3 aromatic rings. The predicted octanol–water partition coefficient (Wildman–Crippen LogP) is 3.65. The third kappa shape index (κ3) is 4.32. The Labute approximate surface area is 174 Å². The molecule has 1 amide bonds. The SMILES string of the molecule is Cl.O=C(Nc1nc(/C=C/c2ccccc2)cs1)C1(n2cccn2)CCNCC1. The lowest BCUT2D eigenvalue weighted by Gasteiger charge is -2.36. The highest BCUT2D eigenvalue weighted by atomic mass is 35.5. The van der Waals surface area contributed by atoms with Crippen LogP contribution in [0.3, 0.4) is 0 Å². The molecule has 0 atom stereocenters. The van der Waals surface area contributed by atoms with Gasteiger partial charge in [-0.25, -0.2) is 4.98 Å². The quantitative estimate of drug-likeness (QED) is 0.667. The average molecular weight is 416 g/mol. The lowest BCUT2D eigenvalue weighted by molar-refractivity contribution is -0.126. The number of halogens is 1. The second-order valence-electron chi connectivity index (χ2n) is 6.51. The second kappa shape index (κ2) is 9.14. The number of carbonyl (C=O) groups excluding carboxylic acids is 1. The summed E-state index contributed by atoms with van der Waals surface area (Å²) >= 11 is 1.43. The van der Waals surface area contributed by atoms with Gasteiger partial charge in [0.1, 0.15) is 5.54 Å². The first-order chi connectivity index (χ1) is 13.3. The van der Waals surface area contributed by atoms with Crippen molar-refractivity contribution in [1.82, 2.24) is 20.1 Å². The maximum absolute atomic E-state index is 13.1. The van der Waals surface area contributed by atoms with Crippen molar-refractivity contribution in [2.24, 2.45) is 0 Å². The number of nitrogens with one attached hydrogen (secondary N) is 2. The van der Waals surface area contributed by atoms with Crippen molar-refractivity contribution in [3.05, 3.63) is 65.4 Å². The summed E-state index contributed by atoms with van der Waals surface area (Å²) in [5.74, 6) is -0.0550. The lowest BCUT2D eigenvalue weighted by atomic mass is 9.87. The highest BCUT2D eigenvalue weighted by Crippen LogP contribution is 2.29. The molecule has 8 heteroatoms. The molecule has 0 radical (unpaired) electrons. The number of thiazole rings is 1. The van der Waals surface area contributed by atoms with Gasteiger partial charge in [0.15, 0.2) is 5.13 Å². The zero-order chi connectivity index (χ0) is 18.5. The third-order valence-electron chi connectivity index (χ3n) is 4.78. The molecule has 0 saturated carbocycles. The smallest absolute Gasteiger partial charge is 0.254 e. The molecule has 2 aromatic heterocycles. The van der Waals surface area contributed by atoms with Crippen LogP contribution in [0.1, 0.15) is 24.1 Å². The van der Waals surface area contributed by atoms with Gasteiger partial charge < -0.3 is 5.32 Å². The summed E-state index contributed by atoms with van der Waals surface area (Å²) in [6, 6.07) is 11.9. The minimum Gasteiger partial charge on any atom is -0.317 e. The molecule has 0 bridgehead atoms. The summed E-state index contributed by atoms with van der Waals surface area (Å²) in [7, 11) is 0. The number of carbonyl (C=O) groups is 1. The number of nitrogens with zero attached hydrogens (tertiary/aromatic N) is 3. The Morgan fingerprint density at radius 3 is 2.68 bits per heavy atom. The summed E-state index contributed by atoms with van der Waals surface area (Å²) in [5.41, 5.74) is 1.28. The van der Waals surface area contributed by atoms with Crippen LogP contribution in [0.5, 0.6) is 0 Å². The largest absolute Gasteiger partial charge is 0.317 e. The van der Waals surface area contributed by atoms with E-state index in [0.717, 1.165) is 24.3 Å². The number of benzene rings is 1. The number of hydrogen-bond donors (Lipinski definition) is 2. The minimum atomic E-state index is -0.666. The zero-order valence-electron chi connectivity index (χ0n) is 15.2. The van der Waals surface area contributed by atoms with Gasteiger partial charge in [-0.1, -0.05) is 36.4 Å². The van der Waals surface area contributed by atoms with Crippen molar-refractivity contribution in [2.75, 3.05) is 18.4 Å². The maximum atomic E-state index is 13.1. The van der Waals surface area contributed by atoms with E-state index in [1.807, 2.05) is 60.1 Å². The van der Waals surface area contributed by atoms with Crippen LogP contribution in [0, 0.1) is 0 Å². The highest BCUT2D eigenvalue weighted by molar-refractivity contribution is 7.14. The molecule has 28 heavy (non-hydrogen) atoms. The van der Waals surface area contributed by atoms with Gasteiger partial charge in [0.2, 0.25) is 0 Å². The first-order valence-corrected chi connectivity index (χ1v) is 9.85. The number of piperidine rings is 1. The normalized spacial score (nSPS) is 15.9. The summed E-state index contributed by atoms with van der Waals surface area (Å²) < 4.78 is 1.78. The van der Waals surface area contributed by atoms with Crippen molar-refractivity contribution in [3.63, 3.8) is 0 Å². The third-order valence-corrected chi connectivity index (χ3v) is 5.56. The number of amides is 1. The van der Waals surface area contributed by atoms with Gasteiger partial charge in [0, 0.05) is 17.8 Å². The fraction of sp³-hybridized carbons (Fsp3) is 0.250. The molecule has 0 aliphatic carbocycles. The van der Waals surface area contributed by atoms with Crippen LogP contribution in [0.2, 0.25) is 0 Å². The van der Waals surface area contributed by atoms with E-state index < -0.39 is 5.54 Å². The highest BCUT2D eigenvalue weighted by Gasteiger charge is 2.42. The molecule has 1 fully saturated rings. The Hall–Kier alpha value is -2.48. The topological polar surface area (TPSA) is 71.8 Å². The first kappa shape index (κ1) is 20.3. The van der Waals surface area contributed by atoms with Crippen LogP contribution in [-0.4, -0.2) is 33.8 Å². The second-order valence-corrected chi connectivity index (χ2v) is 7.37. The average Bonchev–Trinajstić information content (AvgIpc) is 3.40. The molecule has 0 spiro atoms. The summed E-state index contributed by atoms with van der Waals surface area (Å²) in [4.78, 5) is 17.7. The van der Waals surface area contributed by atoms with Crippen molar-refractivity contribution in [1.29, 1.82) is 0 Å². The molecule has 146 valence electrons. The van der Waals surface area contributed by atoms with Gasteiger partial charge in [-0.2, -0.15) is 5.10 Å². The van der Waals surface area contributed by atoms with Crippen LogP contribution in [0.15, 0.2) is 54.2 Å². The standard InChI is InChI=1S/C20H21N5OS.ClH/c26-18(20(9-12-21-13-10-20)25-14-4-11-22-25)24-19-23-17(15-27-19)8-7-16-5-2-1-3-6-16;/h1-8,11,14-15,21H,9-10,12-13H2,(H,23,24,26);1H/b8-7+;. The fourth-order valence-corrected chi connectivity index (χ4v) is 3.98. The van der Waals surface area contributed by atoms with Crippen LogP contribution in [0.4, 0.5) is 5.13 Å². The minimum absolute atomic E-state index is 0. The molecular formula is C20H22ClN5OS. The Kier molecular flexibility index (Phi) is 6.61. The van der Waals surface area contributed by atoms with Crippen LogP contribution >= 0.6 is 23.7 Å². The van der Waals surface area contributed by atoms with Crippen molar-refractivity contribution in [3.8, 4) is 0 Å². The van der Waals surface area contributed by atoms with Gasteiger partial charge in [-0.05, 0) is 43.6 Å². The van der Waals surface area contributed by atoms with Gasteiger partial charge in [-0.3, -0.25) is 14.8 Å². The van der Waals surface area contributed by atoms with Crippen LogP contribution in [0.25, 0.3) is 12.2 Å². The van der Waals surface area contributed by atoms with Crippen molar-refractivity contribution in [2.45, 2.75) is 18.4 Å². The maximum Gasteiger partial charge on any atom is 0.254 e. The molecule has 2 N–H and O–H groups in total. The van der Waals surface area contributed by atoms with Gasteiger partial charge in [0.25, 0.3) is 5.91 Å². The van der Waals surface area contributed by atoms with Crippen molar-refractivity contribution >= 4 is 46.9 Å². The lowest BCUT2D eigenvalue weighted by Crippen LogP contribution is -2.52. The molecule has 6 nitrogen and oxygen atoms in total. The molecule has 1 aliphatic rings. The van der Waals surface area contributed by atoms with E-state index in [4.69, 9.17) is 0 Å². The number of hydrogen-bond acceptors (Lipinski definition) is 5. The van der Waals surface area contributed by atoms with Crippen LogP contribution < -0.4 is 10.6 Å². The van der Waals surface area contributed by atoms with E-state index in [1.54, 1.807) is 10.9 Å². The number of aromatic nitrogens is 3. The van der Waals surface area contributed by atoms with Gasteiger partial charge >= 0.3 is 0 Å². The number of anilines is 1. The summed E-state index contributed by atoms with van der Waals surface area (Å²) in [6.45, 7) is 1.58. The Morgan fingerprint density at radius 2 is 1.96 bits per heavy atom. The van der Waals surface area contributed by atoms with E-state index in [2.05, 4.69) is 20.7 Å². The monoisotopic (exact) mass is 415 g/mol. The summed E-state index contributed by atoms with van der Waals surface area (Å²) in [5, 5.41) is 13.2. The molecule has 1 aromatic carbocycles. The zero-order valence-corrected chi connectivity index (χ0v) is 16.9. The van der Waals surface area contributed by atoms with E-state index in [1.165, 1.54) is 11.3 Å².